The van der Waals surface area contributed by atoms with Gasteiger partial charge >= 0.3 is 5.97 Å². The second-order valence-electron chi connectivity index (χ2n) is 11.7. The number of alkyl halides is 2. The van der Waals surface area contributed by atoms with Crippen LogP contribution in [0.25, 0.3) is 0 Å². The van der Waals surface area contributed by atoms with Crippen molar-refractivity contribution in [1.29, 1.82) is 0 Å². The van der Waals surface area contributed by atoms with Gasteiger partial charge in [-0.15, -0.1) is 0 Å². The molecule has 2 unspecified atom stereocenters. The number of likely N-dealkylation sites (tertiary alicyclic amines) is 1. The maximum atomic E-state index is 13.7. The Kier molecular flexibility index (Phi) is 9.56. The second-order valence-corrected chi connectivity index (χ2v) is 11.7. The summed E-state index contributed by atoms with van der Waals surface area (Å²) in [5, 5.41) is 10.3. The van der Waals surface area contributed by atoms with Gasteiger partial charge in [-0.2, -0.15) is 0 Å². The van der Waals surface area contributed by atoms with Crippen LogP contribution in [-0.4, -0.2) is 66.4 Å². The van der Waals surface area contributed by atoms with Crippen LogP contribution in [0.15, 0.2) is 24.3 Å². The van der Waals surface area contributed by atoms with Gasteiger partial charge in [0.1, 0.15) is 18.4 Å². The summed E-state index contributed by atoms with van der Waals surface area (Å²) in [6.07, 6.45) is 7.22. The van der Waals surface area contributed by atoms with E-state index >= 15 is 0 Å². The minimum absolute atomic E-state index is 0.0447. The van der Waals surface area contributed by atoms with Crippen LogP contribution in [0.3, 0.4) is 0 Å². The van der Waals surface area contributed by atoms with Crippen LogP contribution >= 0.6 is 0 Å². The first kappa shape index (κ1) is 29.9. The number of hydrogen-bond acceptors (Lipinski definition) is 6. The van der Waals surface area contributed by atoms with Crippen LogP contribution in [-0.2, 0) is 33.5 Å². The zero-order valence-electron chi connectivity index (χ0n) is 24.2. The number of fused-ring (bicyclic) bond motifs is 1. The number of aromatic nitrogens is 1. The first-order chi connectivity index (χ1) is 19.7. The van der Waals surface area contributed by atoms with Crippen molar-refractivity contribution in [3.8, 4) is 5.75 Å². The zero-order chi connectivity index (χ0) is 29.0. The number of ether oxygens (including phenoxy) is 3. The molecule has 3 atom stereocenters. The first-order valence-corrected chi connectivity index (χ1v) is 15.0. The lowest BCUT2D eigenvalue weighted by Crippen LogP contribution is -2.36. The Labute approximate surface area is 241 Å². The van der Waals surface area contributed by atoms with Crippen molar-refractivity contribution >= 4 is 5.97 Å². The van der Waals surface area contributed by atoms with Crippen molar-refractivity contribution in [2.45, 2.75) is 95.3 Å². The van der Waals surface area contributed by atoms with Gasteiger partial charge in [-0.3, -0.25) is 14.7 Å². The highest BCUT2D eigenvalue weighted by molar-refractivity contribution is 5.76. The van der Waals surface area contributed by atoms with Gasteiger partial charge in [0.05, 0.1) is 19.3 Å². The quantitative estimate of drug-likeness (QED) is 0.331. The van der Waals surface area contributed by atoms with Crippen LogP contribution in [0.5, 0.6) is 5.75 Å². The van der Waals surface area contributed by atoms with Gasteiger partial charge in [-0.05, 0) is 75.8 Å². The molecule has 0 spiro atoms. The predicted molar refractivity (Wildman–Crippen MR) is 151 cm³/mol. The Balaban J connectivity index is 1.15. The lowest BCUT2D eigenvalue weighted by atomic mass is 9.90. The van der Waals surface area contributed by atoms with E-state index in [4.69, 9.17) is 19.2 Å². The standard InChI is InChI=1S/C32H42F2N2O5/c1-21-10-11-24(28-12-14-32(33,34)20-41-28)26(17-21)30(31(37)38)36-15-13-23(19-36)40-16-6-5-7-22-18-29(39-2)25-8-3-4-9-27(25)35-22/h10-11,17-18,23,28,30H,3-9,12-16,19-20H2,1-2H3,(H,37,38)/t23-,28?,30?/m1/s1. The minimum Gasteiger partial charge on any atom is -0.496 e. The van der Waals surface area contributed by atoms with Gasteiger partial charge in [0, 0.05) is 49.1 Å². The molecule has 0 bridgehead atoms. The molecule has 3 aliphatic rings. The maximum absolute atomic E-state index is 13.7. The number of carbonyl (C=O) groups is 1. The SMILES string of the molecule is COc1cc(CCCCO[C@@H]2CCN(C(C(=O)O)c3cc(C)ccc3C3CCC(F)(F)CO3)C2)nc2c1CCCC2. The monoisotopic (exact) mass is 572 g/mol. The highest BCUT2D eigenvalue weighted by atomic mass is 19.3. The molecule has 224 valence electrons. The molecule has 9 heteroatoms. The lowest BCUT2D eigenvalue weighted by molar-refractivity contribution is -0.147. The number of aryl methyl sites for hydroxylation is 3. The molecular weight excluding hydrogens is 530 g/mol. The normalized spacial score (nSPS) is 23.2. The summed E-state index contributed by atoms with van der Waals surface area (Å²) in [4.78, 5) is 19.4. The predicted octanol–water partition coefficient (Wildman–Crippen LogP) is 6.00. The lowest BCUT2D eigenvalue weighted by Gasteiger charge is -2.33. The van der Waals surface area contributed by atoms with Gasteiger partial charge in [0.2, 0.25) is 0 Å². The molecule has 2 fully saturated rings. The summed E-state index contributed by atoms with van der Waals surface area (Å²) in [5.41, 5.74) is 5.76. The fourth-order valence-corrected chi connectivity index (χ4v) is 6.49. The van der Waals surface area contributed by atoms with E-state index in [1.165, 1.54) is 24.1 Å². The number of carboxylic acid groups (broad SMARTS) is 1. The fraction of sp³-hybridized carbons (Fsp3) is 0.625. The van der Waals surface area contributed by atoms with Crippen molar-refractivity contribution in [3.63, 3.8) is 0 Å². The Bertz CT molecular complexity index is 1200. The summed E-state index contributed by atoms with van der Waals surface area (Å²) >= 11 is 0. The first-order valence-electron chi connectivity index (χ1n) is 15.0. The molecule has 1 aliphatic carbocycles. The van der Waals surface area contributed by atoms with Crippen LogP contribution in [0, 0.1) is 6.92 Å². The number of pyridine rings is 1. The second kappa shape index (κ2) is 13.1. The number of methoxy groups -OCH3 is 1. The highest BCUT2D eigenvalue weighted by Crippen LogP contribution is 2.40. The van der Waals surface area contributed by atoms with E-state index in [9.17, 15) is 18.7 Å². The van der Waals surface area contributed by atoms with Crippen LogP contribution in [0.1, 0.15) is 90.7 Å². The number of rotatable bonds is 11. The summed E-state index contributed by atoms with van der Waals surface area (Å²) in [7, 11) is 1.73. The van der Waals surface area contributed by atoms with E-state index in [0.717, 1.165) is 55.5 Å². The zero-order valence-corrected chi connectivity index (χ0v) is 24.2. The molecule has 0 amide bonds. The van der Waals surface area contributed by atoms with E-state index in [-0.39, 0.29) is 18.9 Å². The number of hydrogen-bond donors (Lipinski definition) is 1. The highest BCUT2D eigenvalue weighted by Gasteiger charge is 2.40. The third kappa shape index (κ3) is 7.24. The average Bonchev–Trinajstić information content (AvgIpc) is 3.41. The Morgan fingerprint density at radius 1 is 1.22 bits per heavy atom. The summed E-state index contributed by atoms with van der Waals surface area (Å²) in [5.74, 6) is -2.83. The van der Waals surface area contributed by atoms with Crippen LogP contribution in [0.2, 0.25) is 0 Å². The maximum Gasteiger partial charge on any atom is 0.325 e. The van der Waals surface area contributed by atoms with E-state index in [2.05, 4.69) is 6.07 Å². The summed E-state index contributed by atoms with van der Waals surface area (Å²) < 4.78 is 44.8. The number of nitrogens with zero attached hydrogens (tertiary/aromatic N) is 2. The third-order valence-electron chi connectivity index (χ3n) is 8.64. The van der Waals surface area contributed by atoms with Crippen LogP contribution in [0.4, 0.5) is 8.78 Å². The topological polar surface area (TPSA) is 81.1 Å². The van der Waals surface area contributed by atoms with Crippen molar-refractivity contribution in [1.82, 2.24) is 9.88 Å². The fourth-order valence-electron chi connectivity index (χ4n) is 6.49. The number of halogens is 2. The van der Waals surface area contributed by atoms with E-state index in [1.54, 1.807) is 7.11 Å². The van der Waals surface area contributed by atoms with E-state index in [0.29, 0.717) is 30.8 Å². The number of carboxylic acids is 1. The van der Waals surface area contributed by atoms with Crippen molar-refractivity contribution in [2.24, 2.45) is 0 Å². The molecule has 3 heterocycles. The Morgan fingerprint density at radius 3 is 2.80 bits per heavy atom. The van der Waals surface area contributed by atoms with Gasteiger partial charge in [-0.25, -0.2) is 8.78 Å². The largest absolute Gasteiger partial charge is 0.496 e. The molecule has 5 rings (SSSR count). The van der Waals surface area contributed by atoms with E-state index < -0.39 is 30.6 Å². The van der Waals surface area contributed by atoms with Gasteiger partial charge < -0.3 is 19.3 Å². The summed E-state index contributed by atoms with van der Waals surface area (Å²) in [6.45, 7) is 2.99. The summed E-state index contributed by atoms with van der Waals surface area (Å²) in [6, 6.07) is 6.79. The smallest absolute Gasteiger partial charge is 0.325 e. The molecule has 41 heavy (non-hydrogen) atoms. The average molecular weight is 573 g/mol. The van der Waals surface area contributed by atoms with Gasteiger partial charge in [-0.1, -0.05) is 23.8 Å². The Morgan fingerprint density at radius 2 is 2.05 bits per heavy atom. The molecule has 1 N–H and O–H groups in total. The molecule has 1 aromatic carbocycles. The molecule has 2 saturated heterocycles. The minimum atomic E-state index is -2.84. The molecule has 2 aromatic rings. The molecule has 1 aromatic heterocycles. The van der Waals surface area contributed by atoms with Gasteiger partial charge in [0.15, 0.2) is 0 Å². The molecular formula is C32H42F2N2O5. The molecule has 0 radical (unpaired) electrons. The number of benzene rings is 1. The van der Waals surface area contributed by atoms with Gasteiger partial charge in [0.25, 0.3) is 5.92 Å². The van der Waals surface area contributed by atoms with Crippen LogP contribution < -0.4 is 4.74 Å². The van der Waals surface area contributed by atoms with Crippen molar-refractivity contribution in [3.05, 3.63) is 57.9 Å². The number of aliphatic carboxylic acids is 1. The molecule has 2 aliphatic heterocycles. The Hall–Kier alpha value is -2.62. The number of unbranched alkanes of at least 4 members (excludes halogenated alkanes) is 1. The molecule has 0 saturated carbocycles. The van der Waals surface area contributed by atoms with Crippen molar-refractivity contribution < 1.29 is 32.9 Å². The van der Waals surface area contributed by atoms with Crippen molar-refractivity contribution in [2.75, 3.05) is 33.4 Å². The third-order valence-corrected chi connectivity index (χ3v) is 8.64. The van der Waals surface area contributed by atoms with E-state index in [1.807, 2.05) is 30.0 Å². The molecule has 7 nitrogen and oxygen atoms in total.